The fourth-order valence-electron chi connectivity index (χ4n) is 4.01. The normalized spacial score (nSPS) is 12.0. The number of nitrogens with one attached hydrogen (secondary N) is 1. The number of rotatable bonds is 6. The van der Waals surface area contributed by atoms with E-state index in [1.807, 2.05) is 48.5 Å². The van der Waals surface area contributed by atoms with Gasteiger partial charge in [0.25, 0.3) is 0 Å². The zero-order chi connectivity index (χ0) is 21.8. The van der Waals surface area contributed by atoms with Gasteiger partial charge in [0.2, 0.25) is 5.91 Å². The fraction of sp³-hybridized carbons (Fsp3) is 0.185. The van der Waals surface area contributed by atoms with Crippen LogP contribution in [0.1, 0.15) is 36.1 Å². The molecule has 0 fully saturated rings. The summed E-state index contributed by atoms with van der Waals surface area (Å²) in [5, 5.41) is 4.23. The van der Waals surface area contributed by atoms with Crippen molar-refractivity contribution in [3.8, 4) is 11.3 Å². The van der Waals surface area contributed by atoms with E-state index >= 15 is 0 Å². The number of nitrogens with zero attached hydrogens (tertiary/aromatic N) is 1. The van der Waals surface area contributed by atoms with Gasteiger partial charge in [-0.15, -0.1) is 0 Å². The van der Waals surface area contributed by atoms with Crippen molar-refractivity contribution in [1.82, 2.24) is 10.3 Å². The minimum atomic E-state index is 0.00226. The summed E-state index contributed by atoms with van der Waals surface area (Å²) < 4.78 is 0.978. The molecule has 156 valence electrons. The van der Waals surface area contributed by atoms with Gasteiger partial charge in [0.15, 0.2) is 0 Å². The lowest BCUT2D eigenvalue weighted by Gasteiger charge is -2.19. The van der Waals surface area contributed by atoms with Crippen molar-refractivity contribution >= 4 is 32.7 Å². The number of aromatic nitrogens is 1. The highest BCUT2D eigenvalue weighted by atomic mass is 79.9. The van der Waals surface area contributed by atoms with Gasteiger partial charge in [-0.05, 0) is 48.2 Å². The molecule has 4 aromatic rings. The molecular formula is C27H25BrN2O. The van der Waals surface area contributed by atoms with Gasteiger partial charge in [-0.2, -0.15) is 0 Å². The third-order valence-electron chi connectivity index (χ3n) is 5.65. The van der Waals surface area contributed by atoms with Crippen LogP contribution < -0.4 is 5.32 Å². The average molecular weight is 473 g/mol. The highest BCUT2D eigenvalue weighted by molar-refractivity contribution is 9.10. The standard InChI is InChI=1S/C27H25BrN2O/c1-3-24(19-10-6-4-7-11-19)29-26(31)17-22-18(2)27(20-12-8-5-9-13-20)30-25-15-14-21(28)16-23(22)25/h4-16,24H,3,17H2,1-2H3,(H,29,31)/t24-/m0/s1. The molecular weight excluding hydrogens is 448 g/mol. The van der Waals surface area contributed by atoms with Gasteiger partial charge in [0.05, 0.1) is 23.7 Å². The lowest BCUT2D eigenvalue weighted by Crippen LogP contribution is -2.29. The quantitative estimate of drug-likeness (QED) is 0.335. The Balaban J connectivity index is 1.72. The molecule has 3 aromatic carbocycles. The molecule has 1 atom stereocenters. The summed E-state index contributed by atoms with van der Waals surface area (Å²) in [6.07, 6.45) is 1.15. The van der Waals surface area contributed by atoms with Crippen LogP contribution in [0.25, 0.3) is 22.2 Å². The first-order valence-corrected chi connectivity index (χ1v) is 11.3. The molecule has 4 rings (SSSR count). The zero-order valence-corrected chi connectivity index (χ0v) is 19.3. The first-order valence-electron chi connectivity index (χ1n) is 10.5. The molecule has 0 spiro atoms. The Kier molecular flexibility index (Phi) is 6.47. The number of hydrogen-bond donors (Lipinski definition) is 1. The summed E-state index contributed by atoms with van der Waals surface area (Å²) in [7, 11) is 0. The molecule has 4 heteroatoms. The van der Waals surface area contributed by atoms with Crippen LogP contribution in [0.15, 0.2) is 83.3 Å². The summed E-state index contributed by atoms with van der Waals surface area (Å²) in [5.41, 5.74) is 6.06. The first-order chi connectivity index (χ1) is 15.1. The largest absolute Gasteiger partial charge is 0.349 e. The van der Waals surface area contributed by atoms with Crippen molar-refractivity contribution in [2.75, 3.05) is 0 Å². The summed E-state index contributed by atoms with van der Waals surface area (Å²) >= 11 is 3.57. The van der Waals surface area contributed by atoms with Crippen molar-refractivity contribution in [2.24, 2.45) is 0 Å². The smallest absolute Gasteiger partial charge is 0.224 e. The second-order valence-corrected chi connectivity index (χ2v) is 8.62. The number of benzene rings is 3. The minimum absolute atomic E-state index is 0.00226. The molecule has 1 N–H and O–H groups in total. The lowest BCUT2D eigenvalue weighted by molar-refractivity contribution is -0.121. The molecule has 0 unspecified atom stereocenters. The zero-order valence-electron chi connectivity index (χ0n) is 17.7. The second kappa shape index (κ2) is 9.44. The molecule has 0 radical (unpaired) electrons. The fourth-order valence-corrected chi connectivity index (χ4v) is 4.38. The van der Waals surface area contributed by atoms with Gasteiger partial charge in [-0.1, -0.05) is 83.5 Å². The molecule has 0 aliphatic heterocycles. The van der Waals surface area contributed by atoms with Crippen molar-refractivity contribution in [3.05, 3.63) is 100 Å². The number of halogens is 1. The predicted molar refractivity (Wildman–Crippen MR) is 131 cm³/mol. The third kappa shape index (κ3) is 4.70. The average Bonchev–Trinajstić information content (AvgIpc) is 2.80. The van der Waals surface area contributed by atoms with E-state index in [4.69, 9.17) is 4.98 Å². The van der Waals surface area contributed by atoms with Crippen LogP contribution in [0.3, 0.4) is 0 Å². The molecule has 31 heavy (non-hydrogen) atoms. The summed E-state index contributed by atoms with van der Waals surface area (Å²) in [6, 6.07) is 26.3. The van der Waals surface area contributed by atoms with Crippen LogP contribution >= 0.6 is 15.9 Å². The molecule has 0 aliphatic rings. The van der Waals surface area contributed by atoms with E-state index in [9.17, 15) is 4.79 Å². The number of fused-ring (bicyclic) bond motifs is 1. The van der Waals surface area contributed by atoms with Crippen LogP contribution in [-0.4, -0.2) is 10.9 Å². The van der Waals surface area contributed by atoms with Crippen molar-refractivity contribution < 1.29 is 4.79 Å². The van der Waals surface area contributed by atoms with E-state index < -0.39 is 0 Å². The molecule has 1 heterocycles. The number of carbonyl (C=O) groups is 1. The van der Waals surface area contributed by atoms with Crippen LogP contribution in [0.2, 0.25) is 0 Å². The van der Waals surface area contributed by atoms with Crippen LogP contribution in [0.4, 0.5) is 0 Å². The van der Waals surface area contributed by atoms with E-state index in [1.54, 1.807) is 0 Å². The molecule has 0 aliphatic carbocycles. The maximum Gasteiger partial charge on any atom is 0.224 e. The van der Waals surface area contributed by atoms with Gasteiger partial charge < -0.3 is 5.32 Å². The first kappa shape index (κ1) is 21.3. The molecule has 0 saturated heterocycles. The Morgan fingerprint density at radius 2 is 1.68 bits per heavy atom. The molecule has 1 aromatic heterocycles. The topological polar surface area (TPSA) is 42.0 Å². The van der Waals surface area contributed by atoms with Gasteiger partial charge in [-0.25, -0.2) is 4.98 Å². The van der Waals surface area contributed by atoms with Crippen LogP contribution in [0, 0.1) is 6.92 Å². The third-order valence-corrected chi connectivity index (χ3v) is 6.15. The summed E-state index contributed by atoms with van der Waals surface area (Å²) in [5.74, 6) is 0.0188. The summed E-state index contributed by atoms with van der Waals surface area (Å²) in [4.78, 5) is 18.1. The monoisotopic (exact) mass is 472 g/mol. The van der Waals surface area contributed by atoms with Crippen molar-refractivity contribution in [1.29, 1.82) is 0 Å². The van der Waals surface area contributed by atoms with Crippen molar-refractivity contribution in [2.45, 2.75) is 32.7 Å². The Bertz CT molecular complexity index is 1210. The van der Waals surface area contributed by atoms with Crippen LogP contribution in [0.5, 0.6) is 0 Å². The number of pyridine rings is 1. The second-order valence-electron chi connectivity index (χ2n) is 7.71. The van der Waals surface area contributed by atoms with E-state index in [0.717, 1.165) is 49.7 Å². The van der Waals surface area contributed by atoms with E-state index in [0.29, 0.717) is 6.42 Å². The van der Waals surface area contributed by atoms with E-state index in [1.165, 1.54) is 0 Å². The van der Waals surface area contributed by atoms with Gasteiger partial charge in [0.1, 0.15) is 0 Å². The van der Waals surface area contributed by atoms with Gasteiger partial charge >= 0.3 is 0 Å². The number of amides is 1. The highest BCUT2D eigenvalue weighted by Crippen LogP contribution is 2.31. The maximum absolute atomic E-state index is 13.1. The van der Waals surface area contributed by atoms with E-state index in [-0.39, 0.29) is 11.9 Å². The van der Waals surface area contributed by atoms with Crippen LogP contribution in [-0.2, 0) is 11.2 Å². The number of hydrogen-bond acceptors (Lipinski definition) is 2. The van der Waals surface area contributed by atoms with Gasteiger partial charge in [-0.3, -0.25) is 4.79 Å². The van der Waals surface area contributed by atoms with Crippen molar-refractivity contribution in [3.63, 3.8) is 0 Å². The minimum Gasteiger partial charge on any atom is -0.349 e. The van der Waals surface area contributed by atoms with E-state index in [2.05, 4.69) is 65.4 Å². The Morgan fingerprint density at radius 1 is 1.00 bits per heavy atom. The summed E-state index contributed by atoms with van der Waals surface area (Å²) in [6.45, 7) is 4.16. The molecule has 3 nitrogen and oxygen atoms in total. The Labute approximate surface area is 191 Å². The molecule has 0 saturated carbocycles. The SMILES string of the molecule is CC[C@H](NC(=O)Cc1c(C)c(-c2ccccc2)nc2ccc(Br)cc12)c1ccccc1. The Morgan fingerprint density at radius 3 is 2.35 bits per heavy atom. The number of carbonyl (C=O) groups excluding carboxylic acids is 1. The molecule has 1 amide bonds. The highest BCUT2D eigenvalue weighted by Gasteiger charge is 2.18. The lowest BCUT2D eigenvalue weighted by atomic mass is 9.95. The Hall–Kier alpha value is -2.98. The predicted octanol–water partition coefficient (Wildman–Crippen LogP) is 6.78. The molecule has 0 bridgehead atoms. The maximum atomic E-state index is 13.1. The van der Waals surface area contributed by atoms with Gasteiger partial charge in [0, 0.05) is 15.4 Å².